The zero-order chi connectivity index (χ0) is 32.0. The highest BCUT2D eigenvalue weighted by Crippen LogP contribution is 2.44. The monoisotopic (exact) mass is 602 g/mol. The Morgan fingerprint density at radius 3 is 2.14 bits per heavy atom. The van der Waals surface area contributed by atoms with Crippen molar-refractivity contribution in [3.8, 4) is 11.1 Å². The zero-order valence-electron chi connectivity index (χ0n) is 25.6. The number of hydrogen-bond donors (Lipinski definition) is 2. The van der Waals surface area contributed by atoms with Crippen LogP contribution in [0.1, 0.15) is 48.9 Å². The third kappa shape index (κ3) is 7.91. The van der Waals surface area contributed by atoms with Crippen molar-refractivity contribution in [2.24, 2.45) is 0 Å². The maximum Gasteiger partial charge on any atom is 0.407 e. The van der Waals surface area contributed by atoms with Crippen LogP contribution in [0.3, 0.4) is 0 Å². The molecule has 0 spiro atoms. The number of nitro groups is 1. The molecule has 2 N–H and O–H groups in total. The number of nitro benzene ring substituents is 1. The molecule has 0 aromatic heterocycles. The quantitative estimate of drug-likeness (QED) is 0.170. The lowest BCUT2D eigenvalue weighted by molar-refractivity contribution is -0.384. The van der Waals surface area contributed by atoms with E-state index in [0.29, 0.717) is 0 Å². The zero-order valence-corrected chi connectivity index (χ0v) is 25.6. The number of benzene rings is 3. The smallest absolute Gasteiger partial charge is 0.407 e. The molecule has 3 aromatic carbocycles. The van der Waals surface area contributed by atoms with Gasteiger partial charge in [0.15, 0.2) is 0 Å². The summed E-state index contributed by atoms with van der Waals surface area (Å²) in [6.45, 7) is 8.20. The fourth-order valence-corrected chi connectivity index (χ4v) is 5.14. The Hall–Kier alpha value is -4.93. The van der Waals surface area contributed by atoms with E-state index < -0.39 is 28.5 Å². The third-order valence-electron chi connectivity index (χ3n) is 7.33. The molecule has 11 nitrogen and oxygen atoms in total. The van der Waals surface area contributed by atoms with Crippen molar-refractivity contribution in [1.82, 2.24) is 10.2 Å². The minimum absolute atomic E-state index is 0.00893. The molecule has 2 amide bonds. The normalized spacial score (nSPS) is 12.1. The Morgan fingerprint density at radius 2 is 1.55 bits per heavy atom. The molecule has 1 aliphatic carbocycles. The van der Waals surface area contributed by atoms with Gasteiger partial charge in [-0.2, -0.15) is 0 Å². The second kappa shape index (κ2) is 13.6. The average molecular weight is 603 g/mol. The number of hydrogen-bond acceptors (Lipinski definition) is 8. The van der Waals surface area contributed by atoms with Crippen molar-refractivity contribution in [3.05, 3.63) is 93.0 Å². The standard InChI is InChI=1S/C33H38N4O7/c1-21-16-28(29(37(41)42)17-22(21)2)35-18-30(38)36(19-31(39)44-33(3,4)5)15-14-34-32(40)43-20-27-25-12-8-6-10-23(25)24-11-7-9-13-26(24)27/h6-13,16-17,27,35H,14-15,18-20H2,1-5H3,(H,34,40). The summed E-state index contributed by atoms with van der Waals surface area (Å²) in [5.41, 5.74) is 5.27. The van der Waals surface area contributed by atoms with Gasteiger partial charge in [-0.3, -0.25) is 19.7 Å². The average Bonchev–Trinajstić information content (AvgIpc) is 3.28. The molecule has 11 heteroatoms. The van der Waals surface area contributed by atoms with Gasteiger partial charge in [0, 0.05) is 25.1 Å². The SMILES string of the molecule is Cc1cc(NCC(=O)N(CCNC(=O)OCC2c3ccccc3-c3ccccc32)CC(=O)OC(C)(C)C)c([N+](=O)[O-])cc1C. The first kappa shape index (κ1) is 32.0. The van der Waals surface area contributed by atoms with Crippen molar-refractivity contribution in [2.75, 3.05) is 38.1 Å². The summed E-state index contributed by atoms with van der Waals surface area (Å²) in [4.78, 5) is 50.7. The minimum atomic E-state index is -0.760. The Bertz CT molecular complexity index is 1520. The number of carbonyl (C=O) groups excluding carboxylic acids is 3. The van der Waals surface area contributed by atoms with Crippen molar-refractivity contribution in [1.29, 1.82) is 0 Å². The largest absolute Gasteiger partial charge is 0.459 e. The summed E-state index contributed by atoms with van der Waals surface area (Å²) in [5, 5.41) is 17.1. The number of nitrogens with one attached hydrogen (secondary N) is 2. The molecule has 0 bridgehead atoms. The van der Waals surface area contributed by atoms with E-state index in [1.54, 1.807) is 33.8 Å². The van der Waals surface area contributed by atoms with Gasteiger partial charge in [0.05, 0.1) is 11.5 Å². The molecule has 44 heavy (non-hydrogen) atoms. The molecule has 0 saturated heterocycles. The highest BCUT2D eigenvalue weighted by molar-refractivity contribution is 5.86. The van der Waals surface area contributed by atoms with Crippen LogP contribution in [0.4, 0.5) is 16.2 Å². The van der Waals surface area contributed by atoms with E-state index in [2.05, 4.69) is 22.8 Å². The topological polar surface area (TPSA) is 140 Å². The second-order valence-corrected chi connectivity index (χ2v) is 11.7. The van der Waals surface area contributed by atoms with Gasteiger partial charge in [-0.05, 0) is 74.1 Å². The van der Waals surface area contributed by atoms with Crippen LogP contribution in [-0.4, -0.2) is 66.2 Å². The highest BCUT2D eigenvalue weighted by Gasteiger charge is 2.29. The number of nitrogens with zero attached hydrogens (tertiary/aromatic N) is 2. The minimum Gasteiger partial charge on any atom is -0.459 e. The summed E-state index contributed by atoms with van der Waals surface area (Å²) in [6.07, 6.45) is -0.652. The van der Waals surface area contributed by atoms with Gasteiger partial charge in [0.1, 0.15) is 24.4 Å². The van der Waals surface area contributed by atoms with Crippen LogP contribution in [0.25, 0.3) is 11.1 Å². The molecular formula is C33H38N4O7. The number of rotatable bonds is 11. The summed E-state index contributed by atoms with van der Waals surface area (Å²) in [5.74, 6) is -1.22. The molecule has 0 aliphatic heterocycles. The first-order valence-corrected chi connectivity index (χ1v) is 14.4. The summed E-state index contributed by atoms with van der Waals surface area (Å²) in [7, 11) is 0. The molecule has 1 aliphatic rings. The number of alkyl carbamates (subject to hydrolysis) is 1. The molecular weight excluding hydrogens is 564 g/mol. The molecule has 232 valence electrons. The van der Waals surface area contributed by atoms with Gasteiger partial charge in [-0.15, -0.1) is 0 Å². The van der Waals surface area contributed by atoms with E-state index in [-0.39, 0.29) is 50.1 Å². The van der Waals surface area contributed by atoms with Crippen molar-refractivity contribution in [2.45, 2.75) is 46.1 Å². The number of amides is 2. The van der Waals surface area contributed by atoms with Crippen LogP contribution < -0.4 is 10.6 Å². The van der Waals surface area contributed by atoms with Gasteiger partial charge in [-0.1, -0.05) is 48.5 Å². The maximum atomic E-state index is 13.2. The summed E-state index contributed by atoms with van der Waals surface area (Å²) in [6, 6.07) is 19.1. The number of carbonyl (C=O) groups is 3. The van der Waals surface area contributed by atoms with Crippen LogP contribution >= 0.6 is 0 Å². The molecule has 0 heterocycles. The number of aryl methyl sites for hydroxylation is 2. The third-order valence-corrected chi connectivity index (χ3v) is 7.33. The lowest BCUT2D eigenvalue weighted by Crippen LogP contribution is -2.45. The molecule has 0 fully saturated rings. The number of ether oxygens (including phenoxy) is 2. The Kier molecular flexibility index (Phi) is 9.87. The van der Waals surface area contributed by atoms with E-state index in [0.717, 1.165) is 33.4 Å². The Balaban J connectivity index is 1.36. The molecule has 0 atom stereocenters. The lowest BCUT2D eigenvalue weighted by atomic mass is 9.98. The van der Waals surface area contributed by atoms with Gasteiger partial charge < -0.3 is 25.0 Å². The van der Waals surface area contributed by atoms with Gasteiger partial charge in [0.25, 0.3) is 5.69 Å². The Morgan fingerprint density at radius 1 is 0.955 bits per heavy atom. The molecule has 0 radical (unpaired) electrons. The summed E-state index contributed by atoms with van der Waals surface area (Å²) < 4.78 is 11.0. The Labute approximate surface area is 256 Å². The van der Waals surface area contributed by atoms with Gasteiger partial charge >= 0.3 is 12.1 Å². The van der Waals surface area contributed by atoms with E-state index >= 15 is 0 Å². The first-order valence-electron chi connectivity index (χ1n) is 14.4. The lowest BCUT2D eigenvalue weighted by Gasteiger charge is -2.25. The summed E-state index contributed by atoms with van der Waals surface area (Å²) >= 11 is 0. The second-order valence-electron chi connectivity index (χ2n) is 11.7. The van der Waals surface area contributed by atoms with Crippen LogP contribution in [0.5, 0.6) is 0 Å². The van der Waals surface area contributed by atoms with Crippen molar-refractivity contribution < 1.29 is 28.8 Å². The maximum absolute atomic E-state index is 13.2. The highest BCUT2D eigenvalue weighted by atomic mass is 16.6. The first-order chi connectivity index (χ1) is 20.8. The van der Waals surface area contributed by atoms with E-state index in [9.17, 15) is 24.5 Å². The number of esters is 1. The van der Waals surface area contributed by atoms with Gasteiger partial charge in [-0.25, -0.2) is 4.79 Å². The molecule has 0 saturated carbocycles. The van der Waals surface area contributed by atoms with Crippen LogP contribution in [0.2, 0.25) is 0 Å². The predicted molar refractivity (Wildman–Crippen MR) is 167 cm³/mol. The number of fused-ring (bicyclic) bond motifs is 3. The fourth-order valence-electron chi connectivity index (χ4n) is 5.14. The van der Waals surface area contributed by atoms with Gasteiger partial charge in [0.2, 0.25) is 5.91 Å². The molecule has 3 aromatic rings. The molecule has 0 unspecified atom stereocenters. The fraction of sp³-hybridized carbons (Fsp3) is 0.364. The van der Waals surface area contributed by atoms with E-state index in [1.165, 1.54) is 11.0 Å². The predicted octanol–water partition coefficient (Wildman–Crippen LogP) is 5.33. The van der Waals surface area contributed by atoms with Crippen LogP contribution in [0.15, 0.2) is 60.7 Å². The van der Waals surface area contributed by atoms with Crippen molar-refractivity contribution >= 4 is 29.3 Å². The van der Waals surface area contributed by atoms with E-state index in [4.69, 9.17) is 9.47 Å². The molecule has 4 rings (SSSR count). The van der Waals surface area contributed by atoms with Crippen LogP contribution in [0, 0.1) is 24.0 Å². The number of anilines is 1. The van der Waals surface area contributed by atoms with E-state index in [1.807, 2.05) is 43.3 Å². The van der Waals surface area contributed by atoms with Crippen molar-refractivity contribution in [3.63, 3.8) is 0 Å². The van der Waals surface area contributed by atoms with Crippen LogP contribution in [-0.2, 0) is 19.1 Å².